The molecule has 2 N–H and O–H groups in total. The molecule has 1 aliphatic heterocycles. The van der Waals surface area contributed by atoms with Gasteiger partial charge in [-0.3, -0.25) is 10.2 Å². The topological polar surface area (TPSA) is 61.0 Å². The molecule has 28 heavy (non-hydrogen) atoms. The fourth-order valence-corrected chi connectivity index (χ4v) is 4.64. The van der Waals surface area contributed by atoms with E-state index < -0.39 is 0 Å². The molecule has 0 saturated carbocycles. The molecule has 5 nitrogen and oxygen atoms in total. The van der Waals surface area contributed by atoms with Gasteiger partial charge in [0.1, 0.15) is 5.82 Å². The number of amides is 1. The maximum Gasteiger partial charge on any atom is 0.265 e. The number of hydrazine groups is 1. The number of carbonyl (C=O) groups excluding carboxylic acids is 1. The second-order valence-corrected chi connectivity index (χ2v) is 8.98. The van der Waals surface area contributed by atoms with Gasteiger partial charge in [0.05, 0.1) is 11.0 Å². The molecule has 2 aromatic carbocycles. The van der Waals surface area contributed by atoms with Gasteiger partial charge >= 0.3 is 0 Å². The van der Waals surface area contributed by atoms with Crippen LogP contribution >= 0.6 is 31.9 Å². The number of hydrogen-bond acceptors (Lipinski definition) is 3. The van der Waals surface area contributed by atoms with Crippen molar-refractivity contribution in [1.29, 1.82) is 0 Å². The number of H-pyrrole nitrogens is 1. The summed E-state index contributed by atoms with van der Waals surface area (Å²) in [5, 5.41) is 2.01. The van der Waals surface area contributed by atoms with Crippen molar-refractivity contribution in [2.24, 2.45) is 0 Å². The molecular formula is C21H22Br2N4O. The van der Waals surface area contributed by atoms with Gasteiger partial charge in [-0.1, -0.05) is 38.3 Å². The van der Waals surface area contributed by atoms with Gasteiger partial charge in [0.25, 0.3) is 5.91 Å². The first kappa shape index (κ1) is 19.6. The molecule has 0 unspecified atom stereocenters. The number of nitrogens with one attached hydrogen (secondary N) is 2. The second kappa shape index (κ2) is 7.97. The Hall–Kier alpha value is -1.70. The van der Waals surface area contributed by atoms with Crippen LogP contribution < -0.4 is 5.43 Å². The van der Waals surface area contributed by atoms with Crippen LogP contribution in [0.2, 0.25) is 0 Å². The molecule has 2 heterocycles. The van der Waals surface area contributed by atoms with E-state index in [9.17, 15) is 4.79 Å². The first-order valence-electron chi connectivity index (χ1n) is 9.45. The van der Waals surface area contributed by atoms with E-state index in [1.165, 1.54) is 17.5 Å². The minimum absolute atomic E-state index is 0.0749. The number of carbonyl (C=O) groups is 1. The van der Waals surface area contributed by atoms with Crippen molar-refractivity contribution in [3.63, 3.8) is 0 Å². The van der Waals surface area contributed by atoms with Crippen molar-refractivity contribution >= 4 is 48.8 Å². The highest BCUT2D eigenvalue weighted by Crippen LogP contribution is 2.32. The summed E-state index contributed by atoms with van der Waals surface area (Å²) >= 11 is 7.22. The average Bonchev–Trinajstić information content (AvgIpc) is 3.10. The zero-order valence-electron chi connectivity index (χ0n) is 15.9. The predicted octanol–water partition coefficient (Wildman–Crippen LogP) is 5.50. The fourth-order valence-electron chi connectivity index (χ4n) is 3.56. The summed E-state index contributed by atoms with van der Waals surface area (Å²) < 4.78 is 1.89. The molecule has 1 saturated heterocycles. The van der Waals surface area contributed by atoms with Gasteiger partial charge < -0.3 is 4.98 Å². The van der Waals surface area contributed by atoms with Crippen LogP contribution in [-0.2, 0) is 0 Å². The second-order valence-electron chi connectivity index (χ2n) is 7.27. The molecule has 0 radical (unpaired) electrons. The van der Waals surface area contributed by atoms with E-state index in [-0.39, 0.29) is 5.91 Å². The number of nitrogens with zero attached hydrogens (tertiary/aromatic N) is 2. The number of hydrogen-bond donors (Lipinski definition) is 2. The number of halogens is 2. The van der Waals surface area contributed by atoms with Crippen LogP contribution in [-0.4, -0.2) is 34.0 Å². The Morgan fingerprint density at radius 1 is 1.07 bits per heavy atom. The van der Waals surface area contributed by atoms with Crippen LogP contribution in [0.1, 0.15) is 40.7 Å². The summed E-state index contributed by atoms with van der Waals surface area (Å²) in [4.78, 5) is 20.8. The first-order valence-corrected chi connectivity index (χ1v) is 11.0. The number of aromatic nitrogens is 2. The van der Waals surface area contributed by atoms with Gasteiger partial charge in [-0.05, 0) is 62.1 Å². The number of fused-ring (bicyclic) bond motifs is 1. The van der Waals surface area contributed by atoms with Gasteiger partial charge in [-0.2, -0.15) is 0 Å². The van der Waals surface area contributed by atoms with Gasteiger partial charge in [0.2, 0.25) is 0 Å². The molecule has 0 atom stereocenters. The highest BCUT2D eigenvalue weighted by molar-refractivity contribution is 9.10. The third-order valence-corrected chi connectivity index (χ3v) is 6.87. The van der Waals surface area contributed by atoms with E-state index in [1.807, 2.05) is 29.3 Å². The molecule has 1 aliphatic rings. The van der Waals surface area contributed by atoms with E-state index >= 15 is 0 Å². The van der Waals surface area contributed by atoms with Crippen LogP contribution in [0.25, 0.3) is 22.4 Å². The molecule has 7 heteroatoms. The van der Waals surface area contributed by atoms with E-state index in [1.54, 1.807) is 0 Å². The van der Waals surface area contributed by atoms with Crippen LogP contribution in [0.15, 0.2) is 33.2 Å². The van der Waals surface area contributed by atoms with Crippen LogP contribution in [0.3, 0.4) is 0 Å². The molecule has 0 spiro atoms. The highest BCUT2D eigenvalue weighted by atomic mass is 79.9. The Balaban J connectivity index is 1.62. The fraction of sp³-hybridized carbons (Fsp3) is 0.333. The lowest BCUT2D eigenvalue weighted by Gasteiger charge is -2.26. The smallest absolute Gasteiger partial charge is 0.265 e. The summed E-state index contributed by atoms with van der Waals surface area (Å²) in [5.41, 5.74) is 8.90. The molecular weight excluding hydrogens is 484 g/mol. The van der Waals surface area contributed by atoms with Gasteiger partial charge in [0.15, 0.2) is 0 Å². The van der Waals surface area contributed by atoms with Crippen molar-refractivity contribution in [3.8, 4) is 11.4 Å². The van der Waals surface area contributed by atoms with Crippen molar-refractivity contribution in [2.45, 2.75) is 33.1 Å². The lowest BCUT2D eigenvalue weighted by molar-refractivity contribution is 0.0750. The lowest BCUT2D eigenvalue weighted by Crippen LogP contribution is -2.45. The van der Waals surface area contributed by atoms with E-state index in [0.717, 1.165) is 57.3 Å². The van der Waals surface area contributed by atoms with Crippen LogP contribution in [0, 0.1) is 13.8 Å². The molecule has 146 valence electrons. The summed E-state index contributed by atoms with van der Waals surface area (Å²) in [6.07, 6.45) is 3.49. The minimum atomic E-state index is -0.0749. The Bertz CT molecular complexity index is 1050. The molecule has 3 aromatic rings. The van der Waals surface area contributed by atoms with Crippen molar-refractivity contribution in [3.05, 3.63) is 49.9 Å². The Labute approximate surface area is 181 Å². The third kappa shape index (κ3) is 3.75. The summed E-state index contributed by atoms with van der Waals surface area (Å²) in [7, 11) is 0. The number of aromatic amines is 1. The quantitative estimate of drug-likeness (QED) is 0.493. The largest absolute Gasteiger partial charge is 0.338 e. The summed E-state index contributed by atoms with van der Waals surface area (Å²) in [6.45, 7) is 6.01. The zero-order chi connectivity index (χ0) is 19.8. The zero-order valence-corrected chi connectivity index (χ0v) is 19.1. The number of benzene rings is 2. The molecule has 1 aromatic heterocycles. The summed E-state index contributed by atoms with van der Waals surface area (Å²) in [6, 6.07) is 7.67. The predicted molar refractivity (Wildman–Crippen MR) is 119 cm³/mol. The average molecular weight is 506 g/mol. The van der Waals surface area contributed by atoms with E-state index in [4.69, 9.17) is 4.98 Å². The van der Waals surface area contributed by atoms with Gasteiger partial charge in [-0.15, -0.1) is 0 Å². The lowest BCUT2D eigenvalue weighted by atomic mass is 10.1. The maximum atomic E-state index is 12.6. The monoisotopic (exact) mass is 504 g/mol. The number of rotatable bonds is 3. The number of aryl methyl sites for hydroxylation is 1. The number of imidazole rings is 1. The molecule has 0 aliphatic carbocycles. The van der Waals surface area contributed by atoms with E-state index in [2.05, 4.69) is 56.1 Å². The van der Waals surface area contributed by atoms with Crippen molar-refractivity contribution in [1.82, 2.24) is 20.4 Å². The molecule has 1 amide bonds. The third-order valence-electron chi connectivity index (χ3n) is 5.39. The Kier molecular flexibility index (Phi) is 5.58. The maximum absolute atomic E-state index is 12.6. The Morgan fingerprint density at radius 2 is 1.82 bits per heavy atom. The van der Waals surface area contributed by atoms with Gasteiger partial charge in [0, 0.05) is 33.2 Å². The Morgan fingerprint density at radius 3 is 2.54 bits per heavy atom. The van der Waals surface area contributed by atoms with E-state index in [0.29, 0.717) is 5.56 Å². The molecule has 0 bridgehead atoms. The molecule has 1 fully saturated rings. The molecule has 4 rings (SSSR count). The standard InChI is InChI=1S/C21H22Br2N4O/c1-12-13(2)19-18(11-16(12)22)24-20(25-19)15-7-6-14(10-17(15)23)21(28)26-27-8-4-3-5-9-27/h6-7,10-11H,3-5,8-9H2,1-2H3,(H,24,25)(H,26,28). The van der Waals surface area contributed by atoms with Crippen molar-refractivity contribution in [2.75, 3.05) is 13.1 Å². The minimum Gasteiger partial charge on any atom is -0.338 e. The normalized spacial score (nSPS) is 15.1. The van der Waals surface area contributed by atoms with Crippen molar-refractivity contribution < 1.29 is 4.79 Å². The van der Waals surface area contributed by atoms with Crippen LogP contribution in [0.5, 0.6) is 0 Å². The van der Waals surface area contributed by atoms with Gasteiger partial charge in [-0.25, -0.2) is 9.99 Å². The SMILES string of the molecule is Cc1c(Br)cc2nc(-c3ccc(C(=O)NN4CCCCC4)cc3Br)[nH]c2c1C. The first-order chi connectivity index (χ1) is 13.4. The highest BCUT2D eigenvalue weighted by Gasteiger charge is 2.17. The number of piperidine rings is 1. The van der Waals surface area contributed by atoms with Crippen LogP contribution in [0.4, 0.5) is 0 Å². The summed E-state index contributed by atoms with van der Waals surface area (Å²) in [5.74, 6) is 0.708.